The van der Waals surface area contributed by atoms with E-state index in [4.69, 9.17) is 4.74 Å². The molecule has 36 heavy (non-hydrogen) atoms. The fourth-order valence-electron chi connectivity index (χ4n) is 4.74. The number of ether oxygens (including phenoxy) is 1. The number of carbonyl (C=O) groups is 3. The predicted octanol–water partition coefficient (Wildman–Crippen LogP) is 3.21. The van der Waals surface area contributed by atoms with Crippen LogP contribution in [0.3, 0.4) is 0 Å². The van der Waals surface area contributed by atoms with Crippen molar-refractivity contribution in [3.63, 3.8) is 0 Å². The Morgan fingerprint density at radius 2 is 1.94 bits per heavy atom. The Balaban J connectivity index is 1.28. The Kier molecular flexibility index (Phi) is 6.34. The molecule has 3 atom stereocenters. The van der Waals surface area contributed by atoms with Crippen LogP contribution in [0.5, 0.6) is 5.75 Å². The standard InChI is InChI=1S/C27H27N5O4/c1-36-24-8-4-7-21-19(24)13-23(30-21)27(35)32-22(11-15-9-10-15)26(34)29-16(14-28)12-18-17-5-2-3-6-20(17)31-25(18)33/h2-8,13,15-16,18,22,30H,9-12H2,1H3,(H,29,34)(H,31,33)(H,32,35)/t16-,18?,22?/m0/s1. The molecule has 0 bridgehead atoms. The highest BCUT2D eigenvalue weighted by Crippen LogP contribution is 2.36. The molecule has 3 amide bonds. The van der Waals surface area contributed by atoms with Crippen molar-refractivity contribution < 1.29 is 19.1 Å². The lowest BCUT2D eigenvalue weighted by Gasteiger charge is -2.21. The van der Waals surface area contributed by atoms with Gasteiger partial charge < -0.3 is 25.7 Å². The van der Waals surface area contributed by atoms with Crippen LogP contribution in [-0.4, -0.2) is 41.9 Å². The molecule has 0 spiro atoms. The molecule has 9 heteroatoms. The number of fused-ring (bicyclic) bond motifs is 2. The summed E-state index contributed by atoms with van der Waals surface area (Å²) >= 11 is 0. The van der Waals surface area contributed by atoms with Crippen molar-refractivity contribution in [1.82, 2.24) is 15.6 Å². The summed E-state index contributed by atoms with van der Waals surface area (Å²) in [5, 5.41) is 18.9. The fraction of sp³-hybridized carbons (Fsp3) is 0.333. The summed E-state index contributed by atoms with van der Waals surface area (Å²) < 4.78 is 5.37. The van der Waals surface area contributed by atoms with E-state index in [1.165, 1.54) is 0 Å². The van der Waals surface area contributed by atoms with E-state index in [2.05, 4.69) is 27.0 Å². The van der Waals surface area contributed by atoms with E-state index in [-0.39, 0.29) is 12.3 Å². The summed E-state index contributed by atoms with van der Waals surface area (Å²) in [5.41, 5.74) is 2.61. The molecule has 2 aromatic carbocycles. The van der Waals surface area contributed by atoms with Gasteiger partial charge in [0, 0.05) is 16.6 Å². The maximum Gasteiger partial charge on any atom is 0.268 e. The lowest BCUT2D eigenvalue weighted by atomic mass is 9.93. The molecule has 9 nitrogen and oxygen atoms in total. The van der Waals surface area contributed by atoms with Gasteiger partial charge in [-0.25, -0.2) is 0 Å². The summed E-state index contributed by atoms with van der Waals surface area (Å²) in [6, 6.07) is 14.9. The van der Waals surface area contributed by atoms with E-state index in [0.29, 0.717) is 23.8 Å². The number of carbonyl (C=O) groups excluding carboxylic acids is 3. The number of H-pyrrole nitrogens is 1. The molecule has 2 aliphatic rings. The number of nitrogens with one attached hydrogen (secondary N) is 4. The van der Waals surface area contributed by atoms with Gasteiger partial charge in [0.1, 0.15) is 23.5 Å². The molecule has 5 rings (SSSR count). The summed E-state index contributed by atoms with van der Waals surface area (Å²) in [5.74, 6) is -0.554. The number of nitrogens with zero attached hydrogens (tertiary/aromatic N) is 1. The van der Waals surface area contributed by atoms with Gasteiger partial charge in [-0.15, -0.1) is 0 Å². The van der Waals surface area contributed by atoms with E-state index < -0.39 is 29.8 Å². The highest BCUT2D eigenvalue weighted by molar-refractivity contribution is 6.03. The molecule has 1 aromatic heterocycles. The quantitative estimate of drug-likeness (QED) is 0.369. The number of hydrogen-bond donors (Lipinski definition) is 4. The average molecular weight is 486 g/mol. The molecule has 1 aliphatic carbocycles. The van der Waals surface area contributed by atoms with Crippen LogP contribution in [-0.2, 0) is 9.59 Å². The SMILES string of the molecule is COc1cccc2[nH]c(C(=O)NC(CC3CC3)C(=O)N[C@H](C#N)CC3C(=O)Nc4ccccc43)cc12. The zero-order valence-electron chi connectivity index (χ0n) is 19.8. The van der Waals surface area contributed by atoms with Gasteiger partial charge in [-0.1, -0.05) is 37.1 Å². The largest absolute Gasteiger partial charge is 0.496 e. The minimum Gasteiger partial charge on any atom is -0.496 e. The Bertz CT molecular complexity index is 1370. The first-order valence-corrected chi connectivity index (χ1v) is 12.0. The summed E-state index contributed by atoms with van der Waals surface area (Å²) in [4.78, 5) is 41.8. The minimum absolute atomic E-state index is 0.150. The third kappa shape index (κ3) is 4.75. The highest BCUT2D eigenvalue weighted by Gasteiger charge is 2.35. The number of para-hydroxylation sites is 1. The lowest BCUT2D eigenvalue weighted by molar-refractivity contribution is -0.124. The van der Waals surface area contributed by atoms with Crippen LogP contribution in [0.15, 0.2) is 48.5 Å². The number of aromatic amines is 1. The molecular formula is C27H27N5O4. The molecule has 4 N–H and O–H groups in total. The zero-order chi connectivity index (χ0) is 25.2. The summed E-state index contributed by atoms with van der Waals surface area (Å²) in [6.07, 6.45) is 2.65. The molecule has 2 unspecified atom stereocenters. The van der Waals surface area contributed by atoms with Crippen LogP contribution < -0.4 is 20.7 Å². The first kappa shape index (κ1) is 23.4. The summed E-state index contributed by atoms with van der Waals surface area (Å²) in [7, 11) is 1.57. The molecule has 184 valence electrons. The lowest BCUT2D eigenvalue weighted by Crippen LogP contribution is -2.50. The van der Waals surface area contributed by atoms with Crippen LogP contribution in [0.1, 0.15) is 47.7 Å². The van der Waals surface area contributed by atoms with Crippen LogP contribution in [0, 0.1) is 17.2 Å². The predicted molar refractivity (Wildman–Crippen MR) is 133 cm³/mol. The van der Waals surface area contributed by atoms with E-state index in [9.17, 15) is 19.6 Å². The first-order chi connectivity index (χ1) is 17.5. The third-order valence-electron chi connectivity index (χ3n) is 6.83. The second kappa shape index (κ2) is 9.74. The maximum atomic E-state index is 13.2. The van der Waals surface area contributed by atoms with E-state index in [1.807, 2.05) is 42.5 Å². The molecule has 0 radical (unpaired) electrons. The normalized spacial score (nSPS) is 18.0. The van der Waals surface area contributed by atoms with Gasteiger partial charge in [0.05, 0.1) is 19.1 Å². The summed E-state index contributed by atoms with van der Waals surface area (Å²) in [6.45, 7) is 0. The number of methoxy groups -OCH3 is 1. The molecular weight excluding hydrogens is 458 g/mol. The van der Waals surface area contributed by atoms with Crippen molar-refractivity contribution >= 4 is 34.3 Å². The molecule has 1 aliphatic heterocycles. The van der Waals surface area contributed by atoms with Crippen molar-refractivity contribution in [1.29, 1.82) is 5.26 Å². The van der Waals surface area contributed by atoms with Crippen molar-refractivity contribution in [2.45, 2.75) is 43.7 Å². The third-order valence-corrected chi connectivity index (χ3v) is 6.83. The Hall–Kier alpha value is -4.32. The van der Waals surface area contributed by atoms with Crippen LogP contribution >= 0.6 is 0 Å². The van der Waals surface area contributed by atoms with Gasteiger partial charge in [-0.3, -0.25) is 14.4 Å². The number of benzene rings is 2. The molecule has 1 fully saturated rings. The Morgan fingerprint density at radius 1 is 1.14 bits per heavy atom. The molecule has 0 saturated heterocycles. The molecule has 3 aromatic rings. The van der Waals surface area contributed by atoms with Gasteiger partial charge in [0.25, 0.3) is 5.91 Å². The zero-order valence-corrected chi connectivity index (χ0v) is 19.8. The number of anilines is 1. The molecule has 1 saturated carbocycles. The number of nitriles is 1. The van der Waals surface area contributed by atoms with Crippen molar-refractivity contribution in [2.75, 3.05) is 12.4 Å². The average Bonchev–Trinajstić information content (AvgIpc) is 3.50. The van der Waals surface area contributed by atoms with Gasteiger partial charge in [-0.05, 0) is 48.6 Å². The smallest absolute Gasteiger partial charge is 0.268 e. The maximum absolute atomic E-state index is 13.2. The van der Waals surface area contributed by atoms with E-state index in [1.54, 1.807) is 13.2 Å². The van der Waals surface area contributed by atoms with Crippen LogP contribution in [0.4, 0.5) is 5.69 Å². The van der Waals surface area contributed by atoms with E-state index in [0.717, 1.165) is 35.0 Å². The van der Waals surface area contributed by atoms with Gasteiger partial charge in [0.15, 0.2) is 0 Å². The Morgan fingerprint density at radius 3 is 2.69 bits per heavy atom. The van der Waals surface area contributed by atoms with Gasteiger partial charge >= 0.3 is 0 Å². The van der Waals surface area contributed by atoms with Crippen LogP contribution in [0.2, 0.25) is 0 Å². The monoisotopic (exact) mass is 485 g/mol. The number of amides is 3. The second-order valence-corrected chi connectivity index (χ2v) is 9.36. The topological polar surface area (TPSA) is 136 Å². The molecule has 2 heterocycles. The number of aromatic nitrogens is 1. The Labute approximate surface area is 208 Å². The number of hydrogen-bond acceptors (Lipinski definition) is 5. The van der Waals surface area contributed by atoms with Gasteiger partial charge in [0.2, 0.25) is 11.8 Å². The van der Waals surface area contributed by atoms with Crippen molar-refractivity contribution in [3.05, 3.63) is 59.8 Å². The highest BCUT2D eigenvalue weighted by atomic mass is 16.5. The first-order valence-electron chi connectivity index (χ1n) is 12.0. The minimum atomic E-state index is -0.879. The fourth-order valence-corrected chi connectivity index (χ4v) is 4.74. The van der Waals surface area contributed by atoms with Gasteiger partial charge in [-0.2, -0.15) is 5.26 Å². The second-order valence-electron chi connectivity index (χ2n) is 9.36. The van der Waals surface area contributed by atoms with Crippen LogP contribution in [0.25, 0.3) is 10.9 Å². The number of rotatable bonds is 9. The van der Waals surface area contributed by atoms with Crippen molar-refractivity contribution in [3.8, 4) is 11.8 Å². The van der Waals surface area contributed by atoms with E-state index >= 15 is 0 Å². The van der Waals surface area contributed by atoms with Crippen molar-refractivity contribution in [2.24, 2.45) is 5.92 Å².